The monoisotopic (exact) mass is 399 g/mol. The summed E-state index contributed by atoms with van der Waals surface area (Å²) in [6, 6.07) is 15.2. The predicted molar refractivity (Wildman–Crippen MR) is 113 cm³/mol. The van der Waals surface area contributed by atoms with Gasteiger partial charge in [-0.15, -0.1) is 0 Å². The first-order valence-electron chi connectivity index (χ1n) is 9.62. The van der Waals surface area contributed by atoms with Gasteiger partial charge in [-0.3, -0.25) is 4.79 Å². The Balaban J connectivity index is 1.48. The van der Waals surface area contributed by atoms with Crippen LogP contribution in [0.25, 0.3) is 11.0 Å². The zero-order chi connectivity index (χ0) is 19.9. The summed E-state index contributed by atoms with van der Waals surface area (Å²) >= 11 is 5.83. The van der Waals surface area contributed by atoms with Crippen molar-refractivity contribution in [2.75, 3.05) is 13.2 Å². The molecule has 0 bridgehead atoms. The fourth-order valence-corrected chi connectivity index (χ4v) is 3.22. The number of amides is 1. The number of carbonyl (C=O) groups is 1. The van der Waals surface area contributed by atoms with E-state index in [0.29, 0.717) is 23.2 Å². The highest BCUT2D eigenvalue weighted by Gasteiger charge is 2.11. The third-order valence-electron chi connectivity index (χ3n) is 4.36. The first-order chi connectivity index (χ1) is 13.5. The van der Waals surface area contributed by atoms with E-state index in [0.717, 1.165) is 30.7 Å². The molecule has 0 saturated carbocycles. The van der Waals surface area contributed by atoms with Gasteiger partial charge in [0.05, 0.1) is 11.0 Å². The van der Waals surface area contributed by atoms with Gasteiger partial charge in [0.1, 0.15) is 11.6 Å². The number of aryl methyl sites for hydroxylation is 1. The number of nitrogens with zero attached hydrogens (tertiary/aromatic N) is 2. The molecular formula is C22H26ClN3O2. The van der Waals surface area contributed by atoms with E-state index in [9.17, 15) is 4.79 Å². The molecule has 0 aliphatic carbocycles. The van der Waals surface area contributed by atoms with Crippen molar-refractivity contribution >= 4 is 28.5 Å². The minimum atomic E-state index is -0.134. The van der Waals surface area contributed by atoms with Crippen LogP contribution in [0.1, 0.15) is 26.1 Å². The van der Waals surface area contributed by atoms with Crippen LogP contribution in [0.15, 0.2) is 48.5 Å². The van der Waals surface area contributed by atoms with Gasteiger partial charge in [-0.05, 0) is 48.7 Å². The number of imidazole rings is 1. The summed E-state index contributed by atoms with van der Waals surface area (Å²) in [7, 11) is 0. The van der Waals surface area contributed by atoms with Crippen molar-refractivity contribution in [2.24, 2.45) is 5.92 Å². The van der Waals surface area contributed by atoms with Gasteiger partial charge < -0.3 is 14.6 Å². The van der Waals surface area contributed by atoms with Crippen LogP contribution in [0.5, 0.6) is 5.75 Å². The molecule has 0 aliphatic heterocycles. The minimum absolute atomic E-state index is 0.00645. The number of fused-ring (bicyclic) bond motifs is 1. The average Bonchev–Trinajstić information content (AvgIpc) is 3.02. The van der Waals surface area contributed by atoms with Crippen molar-refractivity contribution in [3.63, 3.8) is 0 Å². The molecule has 5 nitrogen and oxygen atoms in total. The maximum atomic E-state index is 12.0. The Hall–Kier alpha value is -2.53. The molecule has 0 aliphatic rings. The van der Waals surface area contributed by atoms with Crippen molar-refractivity contribution in [1.82, 2.24) is 14.9 Å². The maximum Gasteiger partial charge on any atom is 0.257 e. The molecule has 28 heavy (non-hydrogen) atoms. The molecule has 148 valence electrons. The van der Waals surface area contributed by atoms with Crippen LogP contribution in [0.3, 0.4) is 0 Å². The number of benzene rings is 2. The molecule has 0 radical (unpaired) electrons. The summed E-state index contributed by atoms with van der Waals surface area (Å²) in [6.45, 7) is 5.94. The lowest BCUT2D eigenvalue weighted by Gasteiger charge is -2.12. The van der Waals surface area contributed by atoms with Gasteiger partial charge in [0, 0.05) is 24.5 Å². The van der Waals surface area contributed by atoms with E-state index in [1.54, 1.807) is 24.3 Å². The fraction of sp³-hybridized carbons (Fsp3) is 0.364. The molecule has 0 unspecified atom stereocenters. The minimum Gasteiger partial charge on any atom is -0.484 e. The summed E-state index contributed by atoms with van der Waals surface area (Å²) < 4.78 is 7.75. The van der Waals surface area contributed by atoms with Gasteiger partial charge in [0.25, 0.3) is 5.91 Å². The number of hydrogen-bond acceptors (Lipinski definition) is 3. The second-order valence-electron chi connectivity index (χ2n) is 7.22. The van der Waals surface area contributed by atoms with Crippen LogP contribution in [0.4, 0.5) is 0 Å². The van der Waals surface area contributed by atoms with Crippen molar-refractivity contribution < 1.29 is 9.53 Å². The zero-order valence-corrected chi connectivity index (χ0v) is 17.1. The topological polar surface area (TPSA) is 56.2 Å². The number of halogens is 1. The number of ether oxygens (including phenoxy) is 1. The van der Waals surface area contributed by atoms with E-state index in [1.165, 1.54) is 5.52 Å². The van der Waals surface area contributed by atoms with Crippen molar-refractivity contribution in [1.29, 1.82) is 0 Å². The van der Waals surface area contributed by atoms with Crippen molar-refractivity contribution in [3.8, 4) is 5.75 Å². The van der Waals surface area contributed by atoms with E-state index >= 15 is 0 Å². The first-order valence-corrected chi connectivity index (χ1v) is 10.00. The summed E-state index contributed by atoms with van der Waals surface area (Å²) in [5.41, 5.74) is 2.20. The normalized spacial score (nSPS) is 11.1. The van der Waals surface area contributed by atoms with E-state index in [-0.39, 0.29) is 12.5 Å². The standard InChI is InChI=1S/C22H26ClN3O2/c1-16(2)14-26-20-7-4-3-6-19(20)25-21(26)8-5-13-24-22(27)15-28-18-11-9-17(23)10-12-18/h3-4,6-7,9-12,16H,5,8,13-15H2,1-2H3,(H,24,27). The van der Waals surface area contributed by atoms with Gasteiger partial charge in [-0.25, -0.2) is 4.98 Å². The smallest absolute Gasteiger partial charge is 0.257 e. The lowest BCUT2D eigenvalue weighted by Crippen LogP contribution is -2.30. The second-order valence-corrected chi connectivity index (χ2v) is 7.65. The number of aromatic nitrogens is 2. The predicted octanol–water partition coefficient (Wildman–Crippen LogP) is 4.47. The lowest BCUT2D eigenvalue weighted by molar-refractivity contribution is -0.123. The molecule has 0 atom stereocenters. The van der Waals surface area contributed by atoms with Crippen LogP contribution in [0.2, 0.25) is 5.02 Å². The van der Waals surface area contributed by atoms with E-state index in [1.807, 2.05) is 18.2 Å². The van der Waals surface area contributed by atoms with E-state index in [2.05, 4.69) is 29.8 Å². The number of carbonyl (C=O) groups excluding carboxylic acids is 1. The molecule has 6 heteroatoms. The highest BCUT2D eigenvalue weighted by Crippen LogP contribution is 2.19. The number of para-hydroxylation sites is 2. The van der Waals surface area contributed by atoms with Crippen molar-refractivity contribution in [3.05, 3.63) is 59.4 Å². The van der Waals surface area contributed by atoms with Crippen LogP contribution >= 0.6 is 11.6 Å². The van der Waals surface area contributed by atoms with Gasteiger partial charge in [-0.2, -0.15) is 0 Å². The zero-order valence-electron chi connectivity index (χ0n) is 16.3. The van der Waals surface area contributed by atoms with Gasteiger partial charge in [-0.1, -0.05) is 37.6 Å². The third-order valence-corrected chi connectivity index (χ3v) is 4.62. The lowest BCUT2D eigenvalue weighted by atomic mass is 10.2. The third kappa shape index (κ3) is 5.49. The molecule has 0 spiro atoms. The summed E-state index contributed by atoms with van der Waals surface area (Å²) in [4.78, 5) is 16.7. The molecule has 2 aromatic carbocycles. The van der Waals surface area contributed by atoms with Crippen LogP contribution in [-0.2, 0) is 17.8 Å². The van der Waals surface area contributed by atoms with Crippen LogP contribution in [0, 0.1) is 5.92 Å². The van der Waals surface area contributed by atoms with E-state index < -0.39 is 0 Å². The molecule has 1 amide bonds. The van der Waals surface area contributed by atoms with Gasteiger partial charge in [0.2, 0.25) is 0 Å². The van der Waals surface area contributed by atoms with Crippen LogP contribution < -0.4 is 10.1 Å². The Morgan fingerprint density at radius 3 is 2.68 bits per heavy atom. The number of nitrogens with one attached hydrogen (secondary N) is 1. The number of hydrogen-bond donors (Lipinski definition) is 1. The molecule has 0 saturated heterocycles. The quantitative estimate of drug-likeness (QED) is 0.540. The molecule has 0 fully saturated rings. The van der Waals surface area contributed by atoms with Crippen molar-refractivity contribution in [2.45, 2.75) is 33.2 Å². The molecule has 1 aromatic heterocycles. The Bertz CT molecular complexity index is 919. The summed E-state index contributed by atoms with van der Waals surface area (Å²) in [5, 5.41) is 3.54. The Morgan fingerprint density at radius 1 is 1.18 bits per heavy atom. The SMILES string of the molecule is CC(C)Cn1c(CCCNC(=O)COc2ccc(Cl)cc2)nc2ccccc21. The average molecular weight is 400 g/mol. The van der Waals surface area contributed by atoms with Gasteiger partial charge >= 0.3 is 0 Å². The first kappa shape index (κ1) is 20.2. The Morgan fingerprint density at radius 2 is 1.93 bits per heavy atom. The number of rotatable bonds is 9. The van der Waals surface area contributed by atoms with Gasteiger partial charge in [0.15, 0.2) is 6.61 Å². The second kappa shape index (κ2) is 9.60. The highest BCUT2D eigenvalue weighted by atomic mass is 35.5. The summed E-state index contributed by atoms with van der Waals surface area (Å²) in [6.07, 6.45) is 1.65. The molecule has 3 aromatic rings. The van der Waals surface area contributed by atoms with Crippen LogP contribution in [-0.4, -0.2) is 28.6 Å². The molecule has 3 rings (SSSR count). The highest BCUT2D eigenvalue weighted by molar-refractivity contribution is 6.30. The molecule has 1 N–H and O–H groups in total. The molecule has 1 heterocycles. The van der Waals surface area contributed by atoms with E-state index in [4.69, 9.17) is 21.3 Å². The largest absolute Gasteiger partial charge is 0.484 e. The molecular weight excluding hydrogens is 374 g/mol. The summed E-state index contributed by atoms with van der Waals surface area (Å²) in [5.74, 6) is 2.11. The Labute approximate surface area is 170 Å². The Kier molecular flexibility index (Phi) is 6.93. The fourth-order valence-electron chi connectivity index (χ4n) is 3.09. The maximum absolute atomic E-state index is 12.0.